The van der Waals surface area contributed by atoms with Crippen molar-refractivity contribution in [2.24, 2.45) is 0 Å². The van der Waals surface area contributed by atoms with Gasteiger partial charge in [0.05, 0.1) is 0 Å². The van der Waals surface area contributed by atoms with E-state index in [2.05, 4.69) is 26.7 Å². The van der Waals surface area contributed by atoms with Crippen LogP contribution in [0.3, 0.4) is 0 Å². The van der Waals surface area contributed by atoms with E-state index in [4.69, 9.17) is 11.6 Å². The molecule has 6 nitrogen and oxygen atoms in total. The molecule has 0 N–H and O–H groups in total. The third-order valence-corrected chi connectivity index (χ3v) is 5.09. The van der Waals surface area contributed by atoms with E-state index in [0.29, 0.717) is 18.8 Å². The summed E-state index contributed by atoms with van der Waals surface area (Å²) >= 11 is 6.09. The molecule has 1 aromatic carbocycles. The lowest BCUT2D eigenvalue weighted by Crippen LogP contribution is -2.49. The van der Waals surface area contributed by atoms with Gasteiger partial charge in [-0.05, 0) is 24.6 Å². The summed E-state index contributed by atoms with van der Waals surface area (Å²) in [7, 11) is 2.00. The Balaban J connectivity index is 1.62. The van der Waals surface area contributed by atoms with Gasteiger partial charge in [-0.3, -0.25) is 4.79 Å². The number of carbonyl (C=O) groups excluding carboxylic acids is 1. The molecule has 0 spiro atoms. The Bertz CT molecular complexity index is 776. The summed E-state index contributed by atoms with van der Waals surface area (Å²) in [6, 6.07) is 9.62. The van der Waals surface area contributed by atoms with Crippen LogP contribution < -0.4 is 9.80 Å². The molecule has 2 heterocycles. The van der Waals surface area contributed by atoms with Gasteiger partial charge in [-0.2, -0.15) is 0 Å². The number of aromatic nitrogens is 2. The lowest BCUT2D eigenvalue weighted by Gasteiger charge is -2.36. The van der Waals surface area contributed by atoms with Gasteiger partial charge in [0.1, 0.15) is 17.8 Å². The molecule has 1 fully saturated rings. The van der Waals surface area contributed by atoms with Crippen molar-refractivity contribution in [1.29, 1.82) is 0 Å². The molecule has 1 amide bonds. The second-order valence-corrected chi connectivity index (χ2v) is 7.23. The molecule has 0 bridgehead atoms. The van der Waals surface area contributed by atoms with Crippen molar-refractivity contribution >= 4 is 29.0 Å². The first-order valence-electron chi connectivity index (χ1n) is 9.41. The van der Waals surface area contributed by atoms with E-state index in [0.717, 1.165) is 49.0 Å². The Labute approximate surface area is 165 Å². The first-order valence-corrected chi connectivity index (χ1v) is 9.79. The molecular weight excluding hydrogens is 362 g/mol. The van der Waals surface area contributed by atoms with E-state index in [1.165, 1.54) is 6.33 Å². The Morgan fingerprint density at radius 2 is 1.96 bits per heavy atom. The van der Waals surface area contributed by atoms with Gasteiger partial charge in [-0.15, -0.1) is 0 Å². The van der Waals surface area contributed by atoms with Crippen LogP contribution in [-0.2, 0) is 0 Å². The van der Waals surface area contributed by atoms with Crippen molar-refractivity contribution in [2.45, 2.75) is 19.8 Å². The monoisotopic (exact) mass is 387 g/mol. The summed E-state index contributed by atoms with van der Waals surface area (Å²) in [4.78, 5) is 27.6. The van der Waals surface area contributed by atoms with Crippen molar-refractivity contribution in [3.63, 3.8) is 0 Å². The van der Waals surface area contributed by atoms with Crippen LogP contribution >= 0.6 is 11.6 Å². The SMILES string of the molecule is CCCCN(C)c1cc(C(=O)N2CCN(c3cccc(Cl)c3)CC2)ncn1. The minimum atomic E-state index is -0.0340. The van der Waals surface area contributed by atoms with Gasteiger partial charge in [0, 0.05) is 56.5 Å². The molecule has 3 rings (SSSR count). The highest BCUT2D eigenvalue weighted by molar-refractivity contribution is 6.30. The van der Waals surface area contributed by atoms with E-state index >= 15 is 0 Å². The second-order valence-electron chi connectivity index (χ2n) is 6.80. The van der Waals surface area contributed by atoms with Crippen molar-refractivity contribution in [1.82, 2.24) is 14.9 Å². The van der Waals surface area contributed by atoms with Crippen molar-refractivity contribution < 1.29 is 4.79 Å². The van der Waals surface area contributed by atoms with Crippen LogP contribution in [0.15, 0.2) is 36.7 Å². The molecule has 0 saturated carbocycles. The minimum Gasteiger partial charge on any atom is -0.368 e. The third-order valence-electron chi connectivity index (χ3n) is 4.85. The molecule has 1 aromatic heterocycles. The molecule has 0 radical (unpaired) electrons. The Hall–Kier alpha value is -2.34. The predicted octanol–water partition coefficient (Wildman–Crippen LogP) is 3.33. The van der Waals surface area contributed by atoms with E-state index in [1.807, 2.05) is 36.2 Å². The molecule has 0 atom stereocenters. The van der Waals surface area contributed by atoms with Crippen molar-refractivity contribution in [3.8, 4) is 0 Å². The van der Waals surface area contributed by atoms with Crippen LogP contribution in [0.4, 0.5) is 11.5 Å². The average Bonchev–Trinajstić information content (AvgIpc) is 2.71. The van der Waals surface area contributed by atoms with Crippen molar-refractivity contribution in [3.05, 3.63) is 47.4 Å². The molecule has 0 unspecified atom stereocenters. The highest BCUT2D eigenvalue weighted by Gasteiger charge is 2.23. The van der Waals surface area contributed by atoms with Crippen LogP contribution in [0.2, 0.25) is 5.02 Å². The average molecular weight is 388 g/mol. The lowest BCUT2D eigenvalue weighted by atomic mass is 10.2. The number of halogens is 1. The summed E-state index contributed by atoms with van der Waals surface area (Å²) in [6.45, 7) is 5.96. The second kappa shape index (κ2) is 9.04. The van der Waals surface area contributed by atoms with Gasteiger partial charge in [-0.25, -0.2) is 9.97 Å². The number of hydrogen-bond acceptors (Lipinski definition) is 5. The molecule has 1 saturated heterocycles. The van der Waals surface area contributed by atoms with Gasteiger partial charge < -0.3 is 14.7 Å². The maximum absolute atomic E-state index is 12.9. The van der Waals surface area contributed by atoms with Gasteiger partial charge >= 0.3 is 0 Å². The summed E-state index contributed by atoms with van der Waals surface area (Å²) in [5.41, 5.74) is 1.55. The maximum atomic E-state index is 12.9. The Kier molecular flexibility index (Phi) is 6.50. The van der Waals surface area contributed by atoms with Crippen LogP contribution in [0.1, 0.15) is 30.3 Å². The maximum Gasteiger partial charge on any atom is 0.272 e. The number of unbranched alkanes of at least 4 members (excludes halogenated alkanes) is 1. The first kappa shape index (κ1) is 19.4. The topological polar surface area (TPSA) is 52.6 Å². The van der Waals surface area contributed by atoms with E-state index < -0.39 is 0 Å². The zero-order chi connectivity index (χ0) is 19.2. The fourth-order valence-corrected chi connectivity index (χ4v) is 3.37. The molecule has 7 heteroatoms. The summed E-state index contributed by atoms with van der Waals surface area (Å²) < 4.78 is 0. The molecule has 2 aromatic rings. The number of hydrogen-bond donors (Lipinski definition) is 0. The molecule has 0 aliphatic carbocycles. The minimum absolute atomic E-state index is 0.0340. The number of amides is 1. The number of rotatable bonds is 6. The number of piperazine rings is 1. The van der Waals surface area contributed by atoms with E-state index in [-0.39, 0.29) is 5.91 Å². The third kappa shape index (κ3) is 4.89. The molecular formula is C20H26ClN5O. The van der Waals surface area contributed by atoms with E-state index in [1.54, 1.807) is 6.07 Å². The zero-order valence-corrected chi connectivity index (χ0v) is 16.7. The van der Waals surface area contributed by atoms with Crippen molar-refractivity contribution in [2.75, 3.05) is 49.6 Å². The lowest BCUT2D eigenvalue weighted by molar-refractivity contribution is 0.0740. The fourth-order valence-electron chi connectivity index (χ4n) is 3.19. The molecule has 144 valence electrons. The van der Waals surface area contributed by atoms with Gasteiger partial charge in [0.15, 0.2) is 0 Å². The Morgan fingerprint density at radius 3 is 2.67 bits per heavy atom. The Morgan fingerprint density at radius 1 is 1.19 bits per heavy atom. The van der Waals surface area contributed by atoms with Crippen LogP contribution in [0.25, 0.3) is 0 Å². The van der Waals surface area contributed by atoms with Crippen LogP contribution in [0.5, 0.6) is 0 Å². The van der Waals surface area contributed by atoms with Gasteiger partial charge in [-0.1, -0.05) is 31.0 Å². The quantitative estimate of drug-likeness (QED) is 0.761. The predicted molar refractivity (Wildman–Crippen MR) is 110 cm³/mol. The number of benzene rings is 1. The highest BCUT2D eigenvalue weighted by Crippen LogP contribution is 2.21. The van der Waals surface area contributed by atoms with Gasteiger partial charge in [0.25, 0.3) is 5.91 Å². The molecule has 1 aliphatic rings. The summed E-state index contributed by atoms with van der Waals surface area (Å²) in [5.74, 6) is 0.757. The molecule has 27 heavy (non-hydrogen) atoms. The first-order chi connectivity index (χ1) is 13.1. The fraction of sp³-hybridized carbons (Fsp3) is 0.450. The molecule has 1 aliphatic heterocycles. The normalized spacial score (nSPS) is 14.3. The zero-order valence-electron chi connectivity index (χ0n) is 15.9. The summed E-state index contributed by atoms with van der Waals surface area (Å²) in [5, 5.41) is 0.728. The number of carbonyl (C=O) groups is 1. The van der Waals surface area contributed by atoms with E-state index in [9.17, 15) is 4.79 Å². The smallest absolute Gasteiger partial charge is 0.272 e. The largest absolute Gasteiger partial charge is 0.368 e. The van der Waals surface area contributed by atoms with Gasteiger partial charge in [0.2, 0.25) is 0 Å². The number of anilines is 2. The highest BCUT2D eigenvalue weighted by atomic mass is 35.5. The number of nitrogens with zero attached hydrogens (tertiary/aromatic N) is 5. The standard InChI is InChI=1S/C20H26ClN5O/c1-3-4-8-24(2)19-14-18(22-15-23-19)20(27)26-11-9-25(10-12-26)17-7-5-6-16(21)13-17/h5-7,13-15H,3-4,8-12H2,1-2H3. The van der Waals surface area contributed by atoms with Crippen LogP contribution in [0, 0.1) is 0 Å². The van der Waals surface area contributed by atoms with Crippen LogP contribution in [-0.4, -0.2) is 60.5 Å². The summed E-state index contributed by atoms with van der Waals surface area (Å²) in [6.07, 6.45) is 3.70.